The van der Waals surface area contributed by atoms with E-state index in [4.69, 9.17) is 37.9 Å². The van der Waals surface area contributed by atoms with Crippen molar-refractivity contribution in [1.29, 1.82) is 0 Å². The van der Waals surface area contributed by atoms with Crippen molar-refractivity contribution in [3.05, 3.63) is 59.7 Å². The molecule has 2 fully saturated rings. The number of aliphatic hydroxyl groups is 5. The summed E-state index contributed by atoms with van der Waals surface area (Å²) in [6, 6.07) is 8.51. The number of carbonyl (C=O) groups is 3. The van der Waals surface area contributed by atoms with Crippen LogP contribution in [0, 0.1) is 0 Å². The SMILES string of the molecule is COc1cc(/C=C/C(=O)OC[C@H]2O[C@H](O[C@]3(CO)O[C@H](COC(C)=O)[C@@H](O)[C@@H]3OC(=O)/C=C/c3ccc(O)c(OC)c3)[C@H](O)[C@@H](O)[C@@H]2O)ccc1O. The Labute approximate surface area is 296 Å². The van der Waals surface area contributed by atoms with Crippen LogP contribution in [0.4, 0.5) is 0 Å². The molecule has 2 saturated heterocycles. The maximum atomic E-state index is 13.0. The minimum Gasteiger partial charge on any atom is -0.504 e. The van der Waals surface area contributed by atoms with E-state index < -0.39 is 92.5 Å². The molecule has 0 saturated carbocycles. The number of phenolic OH excluding ortho intramolecular Hbond substituents is 2. The van der Waals surface area contributed by atoms with Crippen molar-refractivity contribution >= 4 is 30.1 Å². The molecule has 2 aromatic carbocycles. The molecule has 2 aliphatic rings. The van der Waals surface area contributed by atoms with Gasteiger partial charge in [0.05, 0.1) is 14.2 Å². The van der Waals surface area contributed by atoms with Crippen LogP contribution in [0.1, 0.15) is 18.1 Å². The topological polar surface area (TPSA) is 267 Å². The van der Waals surface area contributed by atoms with Gasteiger partial charge in [-0.15, -0.1) is 0 Å². The summed E-state index contributed by atoms with van der Waals surface area (Å²) in [6.07, 6.45) is -9.80. The minimum absolute atomic E-state index is 0.114. The van der Waals surface area contributed by atoms with Crippen molar-refractivity contribution in [3.63, 3.8) is 0 Å². The summed E-state index contributed by atoms with van der Waals surface area (Å²) in [7, 11) is 2.68. The molecule has 0 spiro atoms. The van der Waals surface area contributed by atoms with E-state index in [0.717, 1.165) is 19.1 Å². The van der Waals surface area contributed by atoms with Gasteiger partial charge in [0.25, 0.3) is 0 Å². The smallest absolute Gasteiger partial charge is 0.331 e. The molecule has 9 atom stereocenters. The molecular formula is C34H40O18. The fourth-order valence-corrected chi connectivity index (χ4v) is 5.25. The van der Waals surface area contributed by atoms with E-state index in [-0.39, 0.29) is 23.0 Å². The second-order valence-electron chi connectivity index (χ2n) is 11.6. The number of rotatable bonds is 14. The van der Waals surface area contributed by atoms with Crippen LogP contribution in [0.5, 0.6) is 23.0 Å². The van der Waals surface area contributed by atoms with Gasteiger partial charge >= 0.3 is 17.9 Å². The van der Waals surface area contributed by atoms with Crippen LogP contribution in [-0.2, 0) is 42.8 Å². The van der Waals surface area contributed by atoms with Gasteiger partial charge in [-0.05, 0) is 47.5 Å². The maximum absolute atomic E-state index is 13.0. The molecule has 18 nitrogen and oxygen atoms in total. The maximum Gasteiger partial charge on any atom is 0.331 e. The molecule has 52 heavy (non-hydrogen) atoms. The fourth-order valence-electron chi connectivity index (χ4n) is 5.25. The Hall–Kier alpha value is -4.79. The first-order valence-corrected chi connectivity index (χ1v) is 15.7. The zero-order valence-electron chi connectivity index (χ0n) is 28.1. The molecule has 284 valence electrons. The number of esters is 3. The van der Waals surface area contributed by atoms with Crippen LogP contribution in [-0.4, -0.2) is 142 Å². The average molecular weight is 737 g/mol. The summed E-state index contributed by atoms with van der Waals surface area (Å²) in [4.78, 5) is 36.9. The molecule has 0 unspecified atom stereocenters. The first-order chi connectivity index (χ1) is 24.7. The standard InChI is InChI=1S/C34H40O18/c1-17(36)47-15-25-29(42)32(50-27(40)11-7-19-5-9-21(38)23(13-19)46-3)34(16-35,51-25)52-33-31(44)30(43)28(41)24(49-33)14-48-26(39)10-6-18-4-8-20(37)22(12-18)45-2/h4-13,24-25,28-33,35,37-38,41-44H,14-16H2,1-3H3/b10-6+,11-7+/t24-,25-,28-,29-,30+,31-,32+,33-,34+/m1/s1. The lowest BCUT2D eigenvalue weighted by molar-refractivity contribution is -0.383. The van der Waals surface area contributed by atoms with Gasteiger partial charge in [0.1, 0.15) is 56.4 Å². The van der Waals surface area contributed by atoms with E-state index in [1.54, 1.807) is 0 Å². The van der Waals surface area contributed by atoms with Gasteiger partial charge in [0, 0.05) is 19.1 Å². The van der Waals surface area contributed by atoms with Gasteiger partial charge in [-0.25, -0.2) is 9.59 Å². The number of ether oxygens (including phenoxy) is 8. The van der Waals surface area contributed by atoms with Crippen molar-refractivity contribution in [3.8, 4) is 23.0 Å². The Morgan fingerprint density at radius 3 is 1.87 bits per heavy atom. The summed E-state index contributed by atoms with van der Waals surface area (Å²) >= 11 is 0. The fraction of sp³-hybridized carbons (Fsp3) is 0.441. The predicted octanol–water partition coefficient (Wildman–Crippen LogP) is -0.868. The monoisotopic (exact) mass is 736 g/mol. The zero-order chi connectivity index (χ0) is 38.2. The Kier molecular flexibility index (Phi) is 13.6. The molecular weight excluding hydrogens is 696 g/mol. The number of methoxy groups -OCH3 is 2. The number of benzene rings is 2. The summed E-state index contributed by atoms with van der Waals surface area (Å²) < 4.78 is 42.7. The number of aliphatic hydroxyl groups excluding tert-OH is 5. The predicted molar refractivity (Wildman–Crippen MR) is 173 cm³/mol. The van der Waals surface area contributed by atoms with E-state index in [1.807, 2.05) is 0 Å². The third-order valence-electron chi connectivity index (χ3n) is 8.00. The van der Waals surface area contributed by atoms with Crippen LogP contribution in [0.25, 0.3) is 12.2 Å². The quantitative estimate of drug-likeness (QED) is 0.0706. The summed E-state index contributed by atoms with van der Waals surface area (Å²) in [6.45, 7) is -1.33. The van der Waals surface area contributed by atoms with Crippen molar-refractivity contribution in [2.45, 2.75) is 61.7 Å². The highest BCUT2D eigenvalue weighted by Crippen LogP contribution is 2.38. The van der Waals surface area contributed by atoms with Gasteiger partial charge in [0.2, 0.25) is 5.79 Å². The number of aromatic hydroxyl groups is 2. The zero-order valence-corrected chi connectivity index (χ0v) is 28.1. The normalized spacial score (nSPS) is 28.8. The van der Waals surface area contributed by atoms with Gasteiger partial charge in [-0.2, -0.15) is 0 Å². The Morgan fingerprint density at radius 2 is 1.33 bits per heavy atom. The molecule has 7 N–H and O–H groups in total. The number of hydrogen-bond donors (Lipinski definition) is 7. The highest BCUT2D eigenvalue weighted by Gasteiger charge is 2.61. The van der Waals surface area contributed by atoms with E-state index >= 15 is 0 Å². The third kappa shape index (κ3) is 9.55. The lowest BCUT2D eigenvalue weighted by Gasteiger charge is -2.43. The number of phenols is 2. The molecule has 2 aromatic rings. The van der Waals surface area contributed by atoms with E-state index in [9.17, 15) is 50.1 Å². The molecule has 4 rings (SSSR count). The summed E-state index contributed by atoms with van der Waals surface area (Å²) in [5.74, 6) is -5.24. The van der Waals surface area contributed by atoms with Gasteiger partial charge < -0.3 is 73.6 Å². The highest BCUT2D eigenvalue weighted by atomic mass is 16.8. The highest BCUT2D eigenvalue weighted by molar-refractivity contribution is 5.88. The molecule has 0 amide bonds. The molecule has 2 aliphatic heterocycles. The van der Waals surface area contributed by atoms with Crippen LogP contribution >= 0.6 is 0 Å². The summed E-state index contributed by atoms with van der Waals surface area (Å²) in [5.41, 5.74) is 0.875. The summed E-state index contributed by atoms with van der Waals surface area (Å²) in [5, 5.41) is 73.1. The van der Waals surface area contributed by atoms with Crippen molar-refractivity contribution in [2.75, 3.05) is 34.0 Å². The molecule has 0 aromatic heterocycles. The van der Waals surface area contributed by atoms with Crippen molar-refractivity contribution in [2.24, 2.45) is 0 Å². The third-order valence-corrected chi connectivity index (χ3v) is 8.00. The van der Waals surface area contributed by atoms with E-state index in [1.165, 1.54) is 62.8 Å². The minimum atomic E-state index is -2.52. The molecule has 0 aliphatic carbocycles. The number of carbonyl (C=O) groups excluding carboxylic acids is 3. The lowest BCUT2D eigenvalue weighted by atomic mass is 9.98. The second-order valence-corrected chi connectivity index (χ2v) is 11.6. The van der Waals surface area contributed by atoms with Crippen molar-refractivity contribution in [1.82, 2.24) is 0 Å². The molecule has 18 heteroatoms. The molecule has 0 bridgehead atoms. The molecule has 0 radical (unpaired) electrons. The van der Waals surface area contributed by atoms with Crippen LogP contribution in [0.15, 0.2) is 48.6 Å². The van der Waals surface area contributed by atoms with Crippen LogP contribution in [0.2, 0.25) is 0 Å². The average Bonchev–Trinajstić information content (AvgIpc) is 3.38. The first-order valence-electron chi connectivity index (χ1n) is 15.7. The van der Waals surface area contributed by atoms with Gasteiger partial charge in [-0.1, -0.05) is 12.1 Å². The van der Waals surface area contributed by atoms with E-state index in [0.29, 0.717) is 11.1 Å². The van der Waals surface area contributed by atoms with Crippen LogP contribution < -0.4 is 9.47 Å². The Bertz CT molecular complexity index is 1630. The number of hydrogen-bond acceptors (Lipinski definition) is 18. The Morgan fingerprint density at radius 1 is 0.769 bits per heavy atom. The lowest BCUT2D eigenvalue weighted by Crippen LogP contribution is -2.63. The van der Waals surface area contributed by atoms with Crippen LogP contribution in [0.3, 0.4) is 0 Å². The largest absolute Gasteiger partial charge is 0.504 e. The van der Waals surface area contributed by atoms with Gasteiger partial charge in [-0.3, -0.25) is 4.79 Å². The molecule has 2 heterocycles. The second kappa shape index (κ2) is 17.6. The van der Waals surface area contributed by atoms with Gasteiger partial charge in [0.15, 0.2) is 35.4 Å². The van der Waals surface area contributed by atoms with Crippen molar-refractivity contribution < 1.29 is 88.0 Å². The van der Waals surface area contributed by atoms with E-state index in [2.05, 4.69) is 0 Å². The first kappa shape index (κ1) is 40.0. The Balaban J connectivity index is 1.50.